The Kier molecular flexibility index (Phi) is 4.79. The van der Waals surface area contributed by atoms with Gasteiger partial charge < -0.3 is 9.73 Å². The van der Waals surface area contributed by atoms with Gasteiger partial charge in [0.1, 0.15) is 0 Å². The number of oxazole rings is 1. The van der Waals surface area contributed by atoms with Crippen molar-refractivity contribution in [3.63, 3.8) is 0 Å². The van der Waals surface area contributed by atoms with Gasteiger partial charge in [0.25, 0.3) is 5.91 Å². The quantitative estimate of drug-likeness (QED) is 0.740. The summed E-state index contributed by atoms with van der Waals surface area (Å²) in [4.78, 5) is 16.4. The van der Waals surface area contributed by atoms with Crippen LogP contribution in [-0.2, 0) is 12.7 Å². The Morgan fingerprint density at radius 1 is 1.12 bits per heavy atom. The van der Waals surface area contributed by atoms with Crippen molar-refractivity contribution in [3.8, 4) is 11.3 Å². The summed E-state index contributed by atoms with van der Waals surface area (Å²) in [5, 5.41) is 2.65. The zero-order valence-electron chi connectivity index (χ0n) is 13.8. The van der Waals surface area contributed by atoms with Gasteiger partial charge in [0.15, 0.2) is 17.8 Å². The number of benzene rings is 2. The van der Waals surface area contributed by atoms with Gasteiger partial charge >= 0.3 is 6.18 Å². The van der Waals surface area contributed by atoms with E-state index >= 15 is 0 Å². The minimum atomic E-state index is -4.38. The number of hydrogen-bond acceptors (Lipinski definition) is 3. The van der Waals surface area contributed by atoms with Crippen LogP contribution in [0.3, 0.4) is 0 Å². The maximum atomic E-state index is 12.6. The highest BCUT2D eigenvalue weighted by atomic mass is 19.4. The third-order valence-corrected chi connectivity index (χ3v) is 3.91. The fourth-order valence-corrected chi connectivity index (χ4v) is 2.50. The van der Waals surface area contributed by atoms with Crippen LogP contribution in [0.5, 0.6) is 0 Å². The van der Waals surface area contributed by atoms with Crippen LogP contribution >= 0.6 is 0 Å². The number of halogens is 3. The first-order valence-electron chi connectivity index (χ1n) is 7.80. The van der Waals surface area contributed by atoms with Crippen molar-refractivity contribution in [2.75, 3.05) is 0 Å². The highest BCUT2D eigenvalue weighted by Crippen LogP contribution is 2.29. The molecule has 4 nitrogen and oxygen atoms in total. The van der Waals surface area contributed by atoms with Crippen molar-refractivity contribution in [1.82, 2.24) is 10.3 Å². The smallest absolute Gasteiger partial charge is 0.416 e. The monoisotopic (exact) mass is 360 g/mol. The Labute approximate surface area is 147 Å². The van der Waals surface area contributed by atoms with E-state index in [1.807, 2.05) is 31.2 Å². The lowest BCUT2D eigenvalue weighted by molar-refractivity contribution is -0.137. The van der Waals surface area contributed by atoms with E-state index < -0.39 is 17.6 Å². The number of rotatable bonds is 4. The highest BCUT2D eigenvalue weighted by Gasteiger charge is 2.30. The molecule has 0 aliphatic heterocycles. The Balaban J connectivity index is 1.72. The van der Waals surface area contributed by atoms with Crippen molar-refractivity contribution in [3.05, 3.63) is 77.3 Å². The number of nitrogens with zero attached hydrogens (tertiary/aromatic N) is 1. The summed E-state index contributed by atoms with van der Waals surface area (Å²) >= 11 is 0. The first-order chi connectivity index (χ1) is 12.4. The molecule has 134 valence electrons. The predicted molar refractivity (Wildman–Crippen MR) is 89.3 cm³/mol. The van der Waals surface area contributed by atoms with E-state index in [2.05, 4.69) is 10.3 Å². The molecule has 0 saturated heterocycles. The second-order valence-electron chi connectivity index (χ2n) is 5.72. The summed E-state index contributed by atoms with van der Waals surface area (Å²) in [6, 6.07) is 12.0. The molecule has 0 bridgehead atoms. The minimum Gasteiger partial charge on any atom is -0.443 e. The van der Waals surface area contributed by atoms with Gasteiger partial charge in [0.05, 0.1) is 5.56 Å². The van der Waals surface area contributed by atoms with Crippen LogP contribution in [0.2, 0.25) is 0 Å². The molecule has 1 aromatic heterocycles. The summed E-state index contributed by atoms with van der Waals surface area (Å²) in [5.74, 6) is -0.107. The third kappa shape index (κ3) is 3.77. The molecule has 3 rings (SSSR count). The Bertz CT molecular complexity index is 915. The second-order valence-corrected chi connectivity index (χ2v) is 5.72. The normalized spacial score (nSPS) is 11.4. The fraction of sp³-hybridized carbons (Fsp3) is 0.158. The van der Waals surface area contributed by atoms with Crippen molar-refractivity contribution >= 4 is 5.91 Å². The van der Waals surface area contributed by atoms with Gasteiger partial charge in [-0.15, -0.1) is 0 Å². The summed E-state index contributed by atoms with van der Waals surface area (Å²) in [6.07, 6.45) is -3.19. The molecule has 0 aliphatic carbocycles. The van der Waals surface area contributed by atoms with E-state index in [4.69, 9.17) is 4.42 Å². The number of alkyl halides is 3. The lowest BCUT2D eigenvalue weighted by atomic mass is 10.1. The fourth-order valence-electron chi connectivity index (χ4n) is 2.50. The summed E-state index contributed by atoms with van der Waals surface area (Å²) < 4.78 is 43.1. The molecule has 2 aromatic carbocycles. The summed E-state index contributed by atoms with van der Waals surface area (Å²) in [6.45, 7) is 1.97. The number of amides is 1. The van der Waals surface area contributed by atoms with E-state index in [9.17, 15) is 18.0 Å². The molecule has 26 heavy (non-hydrogen) atoms. The van der Waals surface area contributed by atoms with E-state index in [0.717, 1.165) is 23.3 Å². The third-order valence-electron chi connectivity index (χ3n) is 3.91. The SMILES string of the molecule is Cc1ccccc1-c1ocnc1C(=O)NCc1ccc(C(F)(F)F)cc1. The Morgan fingerprint density at radius 2 is 1.81 bits per heavy atom. The van der Waals surface area contributed by atoms with Crippen molar-refractivity contribution in [1.29, 1.82) is 0 Å². The van der Waals surface area contributed by atoms with Crippen molar-refractivity contribution in [2.45, 2.75) is 19.6 Å². The Hall–Kier alpha value is -3.09. The minimum absolute atomic E-state index is 0.0804. The highest BCUT2D eigenvalue weighted by molar-refractivity contribution is 5.97. The molecule has 1 N–H and O–H groups in total. The van der Waals surface area contributed by atoms with Crippen LogP contribution in [0.4, 0.5) is 13.2 Å². The first kappa shape index (κ1) is 17.7. The maximum absolute atomic E-state index is 12.6. The molecule has 0 spiro atoms. The maximum Gasteiger partial charge on any atom is 0.416 e. The number of carbonyl (C=O) groups is 1. The molecule has 0 unspecified atom stereocenters. The molecule has 1 heterocycles. The Morgan fingerprint density at radius 3 is 2.46 bits per heavy atom. The molecule has 0 atom stereocenters. The van der Waals surface area contributed by atoms with E-state index in [1.165, 1.54) is 18.5 Å². The van der Waals surface area contributed by atoms with Crippen molar-refractivity contribution in [2.24, 2.45) is 0 Å². The standard InChI is InChI=1S/C19H15F3N2O2/c1-12-4-2-3-5-15(12)17-16(24-11-26-17)18(25)23-10-13-6-8-14(9-7-13)19(20,21)22/h2-9,11H,10H2,1H3,(H,23,25). The van der Waals surface area contributed by atoms with Gasteiger partial charge in [-0.1, -0.05) is 36.4 Å². The van der Waals surface area contributed by atoms with Crippen molar-refractivity contribution < 1.29 is 22.4 Å². The topological polar surface area (TPSA) is 55.1 Å². The number of nitrogens with one attached hydrogen (secondary N) is 1. The predicted octanol–water partition coefficient (Wildman–Crippen LogP) is 4.60. The van der Waals surface area contributed by atoms with Gasteiger partial charge in [0, 0.05) is 12.1 Å². The first-order valence-corrected chi connectivity index (χ1v) is 7.80. The average molecular weight is 360 g/mol. The molecule has 1 amide bonds. The van der Waals surface area contributed by atoms with E-state index in [0.29, 0.717) is 11.3 Å². The molecule has 0 saturated carbocycles. The molecular formula is C19H15F3N2O2. The van der Waals surface area contributed by atoms with Gasteiger partial charge in [-0.05, 0) is 30.2 Å². The van der Waals surface area contributed by atoms with Gasteiger partial charge in [-0.3, -0.25) is 4.79 Å². The number of carbonyl (C=O) groups excluding carboxylic acids is 1. The molecule has 3 aromatic rings. The zero-order chi connectivity index (χ0) is 18.7. The van der Waals surface area contributed by atoms with Crippen LogP contribution in [0.25, 0.3) is 11.3 Å². The lowest BCUT2D eigenvalue weighted by Crippen LogP contribution is -2.23. The second kappa shape index (κ2) is 7.03. The lowest BCUT2D eigenvalue weighted by Gasteiger charge is -2.09. The molecule has 0 fully saturated rings. The van der Waals surface area contributed by atoms with Crippen LogP contribution in [-0.4, -0.2) is 10.9 Å². The summed E-state index contributed by atoms with van der Waals surface area (Å²) in [5.41, 5.74) is 1.63. The van der Waals surface area contributed by atoms with Crippen LogP contribution in [0.1, 0.15) is 27.2 Å². The van der Waals surface area contributed by atoms with Crippen LogP contribution in [0.15, 0.2) is 59.3 Å². The molecule has 0 aliphatic rings. The summed E-state index contributed by atoms with van der Waals surface area (Å²) in [7, 11) is 0. The molecule has 0 radical (unpaired) electrons. The molecular weight excluding hydrogens is 345 g/mol. The van der Waals surface area contributed by atoms with E-state index in [1.54, 1.807) is 0 Å². The largest absolute Gasteiger partial charge is 0.443 e. The van der Waals surface area contributed by atoms with Gasteiger partial charge in [0.2, 0.25) is 0 Å². The van der Waals surface area contributed by atoms with Crippen LogP contribution in [0, 0.1) is 6.92 Å². The van der Waals surface area contributed by atoms with Gasteiger partial charge in [-0.25, -0.2) is 4.98 Å². The number of hydrogen-bond donors (Lipinski definition) is 1. The number of aryl methyl sites for hydroxylation is 1. The van der Waals surface area contributed by atoms with Crippen LogP contribution < -0.4 is 5.32 Å². The number of aromatic nitrogens is 1. The van der Waals surface area contributed by atoms with E-state index in [-0.39, 0.29) is 12.2 Å². The van der Waals surface area contributed by atoms with Gasteiger partial charge in [-0.2, -0.15) is 13.2 Å². The zero-order valence-corrected chi connectivity index (χ0v) is 13.8. The molecule has 7 heteroatoms. The average Bonchev–Trinajstić information content (AvgIpc) is 3.09.